The van der Waals surface area contributed by atoms with E-state index in [0.29, 0.717) is 11.0 Å². The Bertz CT molecular complexity index is 851. The Morgan fingerprint density at radius 2 is 1.43 bits per heavy atom. The Labute approximate surface area is 182 Å². The Balaban J connectivity index is 1.48. The molecule has 0 bridgehead atoms. The molecule has 8 heteroatoms. The highest BCUT2D eigenvalue weighted by molar-refractivity contribution is 6.32. The number of rotatable bonds is 6. The number of benzene rings is 1. The van der Waals surface area contributed by atoms with Crippen molar-refractivity contribution in [2.45, 2.75) is 38.5 Å². The summed E-state index contributed by atoms with van der Waals surface area (Å²) in [4.78, 5) is 18.6. The van der Waals surface area contributed by atoms with Crippen molar-refractivity contribution >= 4 is 41.7 Å². The maximum atomic E-state index is 6.17. The topological polar surface area (TPSA) is 69.5 Å². The van der Waals surface area contributed by atoms with Gasteiger partial charge in [0.1, 0.15) is 0 Å². The van der Waals surface area contributed by atoms with Gasteiger partial charge in [-0.2, -0.15) is 20.1 Å². The summed E-state index contributed by atoms with van der Waals surface area (Å²) in [5, 5.41) is 4.98. The lowest BCUT2D eigenvalue weighted by Crippen LogP contribution is -2.34. The summed E-state index contributed by atoms with van der Waals surface area (Å²) in [7, 11) is 0. The summed E-state index contributed by atoms with van der Waals surface area (Å²) in [6, 6.07) is 7.69. The molecule has 1 aromatic heterocycles. The van der Waals surface area contributed by atoms with Gasteiger partial charge < -0.3 is 9.80 Å². The lowest BCUT2D eigenvalue weighted by molar-refractivity contribution is 0.556. The lowest BCUT2D eigenvalue weighted by Gasteiger charge is -2.30. The molecule has 2 fully saturated rings. The standard InChI is InChI=1S/C22H28ClN7/c23-19-12-4-3-10-18(19)11-9-13-24-28-20-25-21(29-14-5-1-6-15-29)27-22(26-20)30-16-7-2-8-17-30/h3-4,9-13H,1-2,5-8,14-17H2,(H,25,26,27,28)/b11-9+,24-13?. The Kier molecular flexibility index (Phi) is 7.13. The van der Waals surface area contributed by atoms with Gasteiger partial charge in [0.05, 0.1) is 0 Å². The van der Waals surface area contributed by atoms with E-state index in [-0.39, 0.29) is 0 Å². The quantitative estimate of drug-likeness (QED) is 0.538. The molecule has 1 aromatic carbocycles. The summed E-state index contributed by atoms with van der Waals surface area (Å²) >= 11 is 6.17. The number of nitrogens with one attached hydrogen (secondary N) is 1. The number of nitrogens with zero attached hydrogens (tertiary/aromatic N) is 6. The fourth-order valence-electron chi connectivity index (χ4n) is 3.77. The molecule has 0 aliphatic carbocycles. The zero-order valence-electron chi connectivity index (χ0n) is 17.2. The van der Waals surface area contributed by atoms with E-state index in [4.69, 9.17) is 16.6 Å². The molecule has 0 radical (unpaired) electrons. The average Bonchev–Trinajstić information content (AvgIpc) is 2.81. The van der Waals surface area contributed by atoms with Crippen molar-refractivity contribution in [3.8, 4) is 0 Å². The van der Waals surface area contributed by atoms with Crippen LogP contribution in [0.5, 0.6) is 0 Å². The summed E-state index contributed by atoms with van der Waals surface area (Å²) in [5.74, 6) is 1.97. The average molecular weight is 426 g/mol. The summed E-state index contributed by atoms with van der Waals surface area (Å²) in [6.07, 6.45) is 12.7. The predicted octanol–water partition coefficient (Wildman–Crippen LogP) is 4.62. The number of halogens is 1. The van der Waals surface area contributed by atoms with E-state index in [9.17, 15) is 0 Å². The lowest BCUT2D eigenvalue weighted by atomic mass is 10.1. The summed E-state index contributed by atoms with van der Waals surface area (Å²) < 4.78 is 0. The first-order valence-corrected chi connectivity index (χ1v) is 11.1. The number of allylic oxidation sites excluding steroid dienone is 1. The largest absolute Gasteiger partial charge is 0.341 e. The maximum absolute atomic E-state index is 6.17. The number of piperidine rings is 2. The van der Waals surface area contributed by atoms with Gasteiger partial charge in [0.25, 0.3) is 0 Å². The van der Waals surface area contributed by atoms with Crippen molar-refractivity contribution in [1.82, 2.24) is 15.0 Å². The SMILES string of the molecule is Clc1ccccc1/C=C/C=NNc1nc(N2CCCCC2)nc(N2CCCCC2)n1. The van der Waals surface area contributed by atoms with Crippen LogP contribution in [0.1, 0.15) is 44.1 Å². The normalized spacial score (nSPS) is 17.8. The first kappa shape index (κ1) is 20.6. The third-order valence-electron chi connectivity index (χ3n) is 5.40. The van der Waals surface area contributed by atoms with Crippen LogP contribution in [0.2, 0.25) is 5.02 Å². The van der Waals surface area contributed by atoms with Gasteiger partial charge in [0.2, 0.25) is 17.8 Å². The van der Waals surface area contributed by atoms with Gasteiger partial charge in [-0.15, -0.1) is 0 Å². The van der Waals surface area contributed by atoms with E-state index < -0.39 is 0 Å². The van der Waals surface area contributed by atoms with Gasteiger partial charge in [-0.05, 0) is 56.2 Å². The highest BCUT2D eigenvalue weighted by atomic mass is 35.5. The second-order valence-corrected chi connectivity index (χ2v) is 8.03. The van der Waals surface area contributed by atoms with Crippen LogP contribution < -0.4 is 15.2 Å². The number of hydrogen-bond donors (Lipinski definition) is 1. The number of anilines is 3. The molecule has 3 heterocycles. The summed E-state index contributed by atoms with van der Waals surface area (Å²) in [5.41, 5.74) is 3.92. The van der Waals surface area contributed by atoms with E-state index in [0.717, 1.165) is 43.6 Å². The van der Waals surface area contributed by atoms with Crippen molar-refractivity contribution < 1.29 is 0 Å². The monoisotopic (exact) mass is 425 g/mol. The molecule has 7 nitrogen and oxygen atoms in total. The fraction of sp³-hybridized carbons (Fsp3) is 0.455. The number of hydrogen-bond acceptors (Lipinski definition) is 7. The minimum absolute atomic E-state index is 0.480. The van der Waals surface area contributed by atoms with Crippen LogP contribution in [-0.2, 0) is 0 Å². The molecule has 30 heavy (non-hydrogen) atoms. The van der Waals surface area contributed by atoms with E-state index in [1.165, 1.54) is 38.5 Å². The Hall–Kier alpha value is -2.67. The molecule has 2 aliphatic rings. The smallest absolute Gasteiger partial charge is 0.250 e. The van der Waals surface area contributed by atoms with Crippen LogP contribution in [-0.4, -0.2) is 47.3 Å². The Morgan fingerprint density at radius 3 is 2.03 bits per heavy atom. The van der Waals surface area contributed by atoms with Gasteiger partial charge in [0.15, 0.2) is 0 Å². The van der Waals surface area contributed by atoms with Crippen LogP contribution in [0.25, 0.3) is 6.08 Å². The Morgan fingerprint density at radius 1 is 0.833 bits per heavy atom. The van der Waals surface area contributed by atoms with Gasteiger partial charge in [0, 0.05) is 37.4 Å². The van der Waals surface area contributed by atoms with Crippen molar-refractivity contribution in [2.75, 3.05) is 41.4 Å². The van der Waals surface area contributed by atoms with Crippen LogP contribution >= 0.6 is 11.6 Å². The third kappa shape index (κ3) is 5.48. The van der Waals surface area contributed by atoms with Crippen molar-refractivity contribution in [3.63, 3.8) is 0 Å². The molecule has 4 rings (SSSR count). The van der Waals surface area contributed by atoms with E-state index in [2.05, 4.69) is 30.3 Å². The molecule has 2 saturated heterocycles. The fourth-order valence-corrected chi connectivity index (χ4v) is 3.97. The first-order valence-electron chi connectivity index (χ1n) is 10.8. The minimum Gasteiger partial charge on any atom is -0.341 e. The van der Waals surface area contributed by atoms with E-state index in [1.54, 1.807) is 6.21 Å². The van der Waals surface area contributed by atoms with Gasteiger partial charge in [-0.3, -0.25) is 0 Å². The summed E-state index contributed by atoms with van der Waals surface area (Å²) in [6.45, 7) is 3.97. The van der Waals surface area contributed by atoms with Gasteiger partial charge in [-0.1, -0.05) is 35.9 Å². The molecule has 0 saturated carbocycles. The first-order chi connectivity index (χ1) is 14.8. The van der Waals surface area contributed by atoms with Crippen LogP contribution in [0.4, 0.5) is 17.8 Å². The third-order valence-corrected chi connectivity index (χ3v) is 5.74. The van der Waals surface area contributed by atoms with Crippen LogP contribution in [0.15, 0.2) is 35.4 Å². The molecular formula is C22H28ClN7. The van der Waals surface area contributed by atoms with Gasteiger partial charge in [-0.25, -0.2) is 5.43 Å². The van der Waals surface area contributed by atoms with Crippen LogP contribution in [0.3, 0.4) is 0 Å². The zero-order chi connectivity index (χ0) is 20.6. The molecule has 0 spiro atoms. The second kappa shape index (κ2) is 10.4. The number of aromatic nitrogens is 3. The zero-order valence-corrected chi connectivity index (χ0v) is 17.9. The van der Waals surface area contributed by atoms with E-state index >= 15 is 0 Å². The molecule has 2 aliphatic heterocycles. The highest BCUT2D eigenvalue weighted by Gasteiger charge is 2.20. The molecule has 0 atom stereocenters. The molecule has 2 aromatic rings. The van der Waals surface area contributed by atoms with Crippen molar-refractivity contribution in [2.24, 2.45) is 5.10 Å². The highest BCUT2D eigenvalue weighted by Crippen LogP contribution is 2.22. The molecule has 0 amide bonds. The van der Waals surface area contributed by atoms with Crippen LogP contribution in [0, 0.1) is 0 Å². The second-order valence-electron chi connectivity index (χ2n) is 7.63. The minimum atomic E-state index is 0.480. The molecule has 1 N–H and O–H groups in total. The van der Waals surface area contributed by atoms with E-state index in [1.807, 2.05) is 36.4 Å². The maximum Gasteiger partial charge on any atom is 0.250 e. The molecular weight excluding hydrogens is 398 g/mol. The predicted molar refractivity (Wildman–Crippen MR) is 125 cm³/mol. The van der Waals surface area contributed by atoms with Crippen molar-refractivity contribution in [1.29, 1.82) is 0 Å². The molecule has 158 valence electrons. The number of hydrazone groups is 1. The van der Waals surface area contributed by atoms with Crippen molar-refractivity contribution in [3.05, 3.63) is 40.9 Å². The van der Waals surface area contributed by atoms with Gasteiger partial charge >= 0.3 is 0 Å². The molecule has 0 unspecified atom stereocenters.